The third kappa shape index (κ3) is 3.90. The second-order valence-corrected chi connectivity index (χ2v) is 9.07. The summed E-state index contributed by atoms with van der Waals surface area (Å²) >= 11 is 0. The topological polar surface area (TPSA) is 93.7 Å². The summed E-state index contributed by atoms with van der Waals surface area (Å²) in [5, 5.41) is 9.31. The SMILES string of the molecule is CC1CC(C#N)N(C(=O)C(N)CN2CC3CC2C(=O)N3C(C)c2cc(F)cc(F)c2)C1. The van der Waals surface area contributed by atoms with E-state index in [1.807, 2.05) is 11.8 Å². The van der Waals surface area contributed by atoms with Gasteiger partial charge in [0.2, 0.25) is 11.8 Å². The van der Waals surface area contributed by atoms with Crippen LogP contribution in [0.1, 0.15) is 38.3 Å². The molecule has 31 heavy (non-hydrogen) atoms. The van der Waals surface area contributed by atoms with Gasteiger partial charge < -0.3 is 15.5 Å². The lowest BCUT2D eigenvalue weighted by atomic mass is 10.0. The minimum Gasteiger partial charge on any atom is -0.330 e. The Labute approximate surface area is 180 Å². The van der Waals surface area contributed by atoms with Crippen LogP contribution >= 0.6 is 0 Å². The van der Waals surface area contributed by atoms with Crippen molar-refractivity contribution in [3.8, 4) is 6.07 Å². The molecule has 3 aliphatic rings. The maximum absolute atomic E-state index is 13.6. The van der Waals surface area contributed by atoms with Crippen molar-refractivity contribution in [1.29, 1.82) is 5.26 Å². The van der Waals surface area contributed by atoms with Gasteiger partial charge in [0.15, 0.2) is 0 Å². The maximum atomic E-state index is 13.6. The summed E-state index contributed by atoms with van der Waals surface area (Å²) in [6.45, 7) is 5.08. The van der Waals surface area contributed by atoms with E-state index in [9.17, 15) is 23.6 Å². The maximum Gasteiger partial charge on any atom is 0.241 e. The van der Waals surface area contributed by atoms with E-state index in [0.29, 0.717) is 31.5 Å². The zero-order chi connectivity index (χ0) is 22.4. The molecule has 3 fully saturated rings. The van der Waals surface area contributed by atoms with Gasteiger partial charge in [-0.25, -0.2) is 8.78 Å². The molecule has 1 aromatic carbocycles. The summed E-state index contributed by atoms with van der Waals surface area (Å²) in [5.41, 5.74) is 6.60. The predicted octanol–water partition coefficient (Wildman–Crippen LogP) is 1.40. The summed E-state index contributed by atoms with van der Waals surface area (Å²) in [6, 6.07) is 3.28. The van der Waals surface area contributed by atoms with E-state index in [1.54, 1.807) is 16.7 Å². The van der Waals surface area contributed by atoms with Crippen LogP contribution in [0.5, 0.6) is 0 Å². The highest BCUT2D eigenvalue weighted by molar-refractivity contribution is 5.87. The first kappa shape index (κ1) is 21.7. The molecule has 0 saturated carbocycles. The number of carbonyl (C=O) groups is 2. The molecule has 3 heterocycles. The molecule has 0 aromatic heterocycles. The van der Waals surface area contributed by atoms with Gasteiger partial charge in [-0.1, -0.05) is 6.92 Å². The van der Waals surface area contributed by atoms with Crippen LogP contribution in [0, 0.1) is 28.9 Å². The number of carbonyl (C=O) groups excluding carboxylic acids is 2. The molecule has 166 valence electrons. The standard InChI is InChI=1S/C22H27F2N5O2/c1-12-3-17(8-25)28(9-12)21(30)19(26)11-27-10-18-7-20(27)22(31)29(18)13(2)14-4-15(23)6-16(24)5-14/h4-6,12-13,17-20H,3,7,9-11,26H2,1-2H3. The first-order valence-electron chi connectivity index (χ1n) is 10.7. The number of nitriles is 1. The van der Waals surface area contributed by atoms with Crippen LogP contribution in [0.4, 0.5) is 8.78 Å². The molecule has 1 aromatic rings. The van der Waals surface area contributed by atoms with Crippen LogP contribution < -0.4 is 5.73 Å². The van der Waals surface area contributed by atoms with E-state index in [1.165, 1.54) is 12.1 Å². The number of nitrogens with two attached hydrogens (primary N) is 1. The van der Waals surface area contributed by atoms with Crippen molar-refractivity contribution in [2.24, 2.45) is 11.7 Å². The van der Waals surface area contributed by atoms with Crippen LogP contribution in [-0.4, -0.2) is 70.3 Å². The molecule has 7 nitrogen and oxygen atoms in total. The number of benzene rings is 1. The van der Waals surface area contributed by atoms with Crippen LogP contribution in [0.3, 0.4) is 0 Å². The molecule has 6 unspecified atom stereocenters. The first-order chi connectivity index (χ1) is 14.7. The van der Waals surface area contributed by atoms with Gasteiger partial charge in [0.25, 0.3) is 0 Å². The van der Waals surface area contributed by atoms with Crippen molar-refractivity contribution >= 4 is 11.8 Å². The molecule has 2 bridgehead atoms. The Morgan fingerprint density at radius 2 is 1.94 bits per heavy atom. The number of likely N-dealkylation sites (tertiary alicyclic amines) is 3. The highest BCUT2D eigenvalue weighted by Gasteiger charge is 2.51. The number of amides is 2. The molecule has 3 aliphatic heterocycles. The lowest BCUT2D eigenvalue weighted by Gasteiger charge is -2.38. The number of hydrogen-bond donors (Lipinski definition) is 1. The van der Waals surface area contributed by atoms with E-state index >= 15 is 0 Å². The molecule has 0 spiro atoms. The Balaban J connectivity index is 1.41. The Morgan fingerprint density at radius 3 is 2.55 bits per heavy atom. The van der Waals surface area contributed by atoms with Crippen LogP contribution in [0.15, 0.2) is 18.2 Å². The number of nitrogens with zero attached hydrogens (tertiary/aromatic N) is 4. The third-order valence-corrected chi connectivity index (χ3v) is 6.79. The van der Waals surface area contributed by atoms with Gasteiger partial charge in [0.05, 0.1) is 24.2 Å². The second kappa shape index (κ2) is 8.17. The van der Waals surface area contributed by atoms with Crippen molar-refractivity contribution < 1.29 is 18.4 Å². The normalized spacial score (nSPS) is 30.0. The van der Waals surface area contributed by atoms with Crippen molar-refractivity contribution in [3.05, 3.63) is 35.4 Å². The minimum atomic E-state index is -0.809. The molecule has 6 atom stereocenters. The summed E-state index contributed by atoms with van der Waals surface area (Å²) < 4.78 is 27.3. The highest BCUT2D eigenvalue weighted by atomic mass is 19.1. The highest BCUT2D eigenvalue weighted by Crippen LogP contribution is 2.38. The lowest BCUT2D eigenvalue weighted by Crippen LogP contribution is -2.56. The predicted molar refractivity (Wildman–Crippen MR) is 108 cm³/mol. The number of hydrogen-bond acceptors (Lipinski definition) is 5. The fraction of sp³-hybridized carbons (Fsp3) is 0.591. The molecule has 0 radical (unpaired) electrons. The fourth-order valence-electron chi connectivity index (χ4n) is 5.33. The van der Waals surface area contributed by atoms with Crippen molar-refractivity contribution in [2.45, 2.75) is 56.9 Å². The molecule has 9 heteroatoms. The van der Waals surface area contributed by atoms with E-state index in [2.05, 4.69) is 6.07 Å². The Hall–Kier alpha value is -2.57. The van der Waals surface area contributed by atoms with Crippen LogP contribution in [0.25, 0.3) is 0 Å². The largest absolute Gasteiger partial charge is 0.330 e. The van der Waals surface area contributed by atoms with Crippen molar-refractivity contribution in [1.82, 2.24) is 14.7 Å². The number of rotatable bonds is 5. The fourth-order valence-corrected chi connectivity index (χ4v) is 5.33. The summed E-state index contributed by atoms with van der Waals surface area (Å²) in [6.07, 6.45) is 1.25. The summed E-state index contributed by atoms with van der Waals surface area (Å²) in [4.78, 5) is 31.0. The third-order valence-electron chi connectivity index (χ3n) is 6.79. The van der Waals surface area contributed by atoms with Gasteiger partial charge in [-0.15, -0.1) is 0 Å². The van der Waals surface area contributed by atoms with E-state index < -0.39 is 35.8 Å². The number of piperazine rings is 1. The quantitative estimate of drug-likeness (QED) is 0.761. The molecule has 2 N–H and O–H groups in total. The monoisotopic (exact) mass is 431 g/mol. The van der Waals surface area contributed by atoms with Gasteiger partial charge in [0.1, 0.15) is 17.7 Å². The van der Waals surface area contributed by atoms with Crippen LogP contribution in [-0.2, 0) is 9.59 Å². The summed E-state index contributed by atoms with van der Waals surface area (Å²) in [5.74, 6) is -1.45. The first-order valence-corrected chi connectivity index (χ1v) is 10.7. The molecular weight excluding hydrogens is 404 g/mol. The van der Waals surface area contributed by atoms with Gasteiger partial charge in [-0.3, -0.25) is 14.5 Å². The molecular formula is C22H27F2N5O2. The van der Waals surface area contributed by atoms with E-state index in [0.717, 1.165) is 6.07 Å². The molecule has 3 saturated heterocycles. The lowest BCUT2D eigenvalue weighted by molar-refractivity contribution is -0.141. The Bertz CT molecular complexity index is 915. The molecule has 2 amide bonds. The smallest absolute Gasteiger partial charge is 0.241 e. The zero-order valence-electron chi connectivity index (χ0n) is 17.7. The second-order valence-electron chi connectivity index (χ2n) is 9.07. The van der Waals surface area contributed by atoms with Crippen LogP contribution in [0.2, 0.25) is 0 Å². The number of fused-ring (bicyclic) bond motifs is 2. The average molecular weight is 431 g/mol. The summed E-state index contributed by atoms with van der Waals surface area (Å²) in [7, 11) is 0. The van der Waals surface area contributed by atoms with E-state index in [4.69, 9.17) is 5.73 Å². The van der Waals surface area contributed by atoms with E-state index in [-0.39, 0.29) is 30.3 Å². The minimum absolute atomic E-state index is 0.0974. The van der Waals surface area contributed by atoms with Gasteiger partial charge in [-0.05, 0) is 43.4 Å². The van der Waals surface area contributed by atoms with Crippen molar-refractivity contribution in [3.63, 3.8) is 0 Å². The average Bonchev–Trinajstić information content (AvgIpc) is 3.38. The Kier molecular flexibility index (Phi) is 5.71. The van der Waals surface area contributed by atoms with Gasteiger partial charge >= 0.3 is 0 Å². The number of halogens is 2. The Morgan fingerprint density at radius 1 is 1.26 bits per heavy atom. The zero-order valence-corrected chi connectivity index (χ0v) is 17.7. The van der Waals surface area contributed by atoms with Crippen molar-refractivity contribution in [2.75, 3.05) is 19.6 Å². The molecule has 0 aliphatic carbocycles. The van der Waals surface area contributed by atoms with Gasteiger partial charge in [0, 0.05) is 31.7 Å². The molecule has 4 rings (SSSR count). The van der Waals surface area contributed by atoms with Gasteiger partial charge in [-0.2, -0.15) is 5.26 Å².